The summed E-state index contributed by atoms with van der Waals surface area (Å²) in [5.74, 6) is -1.33. The van der Waals surface area contributed by atoms with E-state index in [-0.39, 0.29) is 41.7 Å². The van der Waals surface area contributed by atoms with Crippen molar-refractivity contribution in [3.8, 4) is 5.75 Å². The van der Waals surface area contributed by atoms with Crippen molar-refractivity contribution < 1.29 is 23.8 Å². The normalized spacial score (nSPS) is 19.5. The van der Waals surface area contributed by atoms with Gasteiger partial charge >= 0.3 is 5.97 Å². The molecule has 1 amide bonds. The highest BCUT2D eigenvalue weighted by Crippen LogP contribution is 2.23. The Labute approximate surface area is 188 Å². The third kappa shape index (κ3) is 5.48. The van der Waals surface area contributed by atoms with E-state index in [0.717, 1.165) is 9.13 Å². The van der Waals surface area contributed by atoms with Crippen LogP contribution in [0.15, 0.2) is 42.5 Å². The van der Waals surface area contributed by atoms with Crippen molar-refractivity contribution in [1.29, 1.82) is 0 Å². The van der Waals surface area contributed by atoms with Crippen LogP contribution in [-0.2, 0) is 11.3 Å². The molecule has 3 rings (SSSR count). The Hall–Kier alpha value is -2.20. The first-order valence-corrected chi connectivity index (χ1v) is 10.8. The molecule has 1 aliphatic heterocycles. The minimum atomic E-state index is -1.09. The zero-order valence-electron chi connectivity index (χ0n) is 16.8. The summed E-state index contributed by atoms with van der Waals surface area (Å²) >= 11 is 2.03. The number of nitrogens with zero attached hydrogens (tertiary/aromatic N) is 2. The summed E-state index contributed by atoms with van der Waals surface area (Å²) in [6.07, 6.45) is 0. The van der Waals surface area contributed by atoms with Gasteiger partial charge in [0.25, 0.3) is 5.91 Å². The summed E-state index contributed by atoms with van der Waals surface area (Å²) in [7, 11) is 0. The van der Waals surface area contributed by atoms with Crippen LogP contribution in [0.1, 0.15) is 29.8 Å². The van der Waals surface area contributed by atoms with Gasteiger partial charge in [-0.3, -0.25) is 9.69 Å². The first-order chi connectivity index (χ1) is 14.2. The summed E-state index contributed by atoms with van der Waals surface area (Å²) in [6.45, 7) is 5.75. The topological polar surface area (TPSA) is 70.1 Å². The van der Waals surface area contributed by atoms with Gasteiger partial charge in [-0.2, -0.15) is 0 Å². The van der Waals surface area contributed by atoms with Gasteiger partial charge in [-0.25, -0.2) is 9.18 Å². The number of hydrogen-bond acceptors (Lipinski definition) is 4. The maximum atomic E-state index is 13.1. The van der Waals surface area contributed by atoms with Crippen LogP contribution in [0, 0.1) is 9.39 Å². The quantitative estimate of drug-likeness (QED) is 0.583. The van der Waals surface area contributed by atoms with Crippen molar-refractivity contribution in [2.75, 3.05) is 19.7 Å². The van der Waals surface area contributed by atoms with Crippen LogP contribution in [0.4, 0.5) is 4.39 Å². The number of hydrogen-bond donors (Lipinski definition) is 1. The second-order valence-electron chi connectivity index (χ2n) is 7.53. The summed E-state index contributed by atoms with van der Waals surface area (Å²) in [5.41, 5.74) is 1.07. The molecule has 2 atom stereocenters. The summed E-state index contributed by atoms with van der Waals surface area (Å²) in [4.78, 5) is 28.2. The number of rotatable bonds is 6. The number of halogens is 2. The Bertz CT molecular complexity index is 922. The molecule has 30 heavy (non-hydrogen) atoms. The fourth-order valence-corrected chi connectivity index (χ4v) is 4.10. The van der Waals surface area contributed by atoms with Crippen molar-refractivity contribution in [3.63, 3.8) is 0 Å². The van der Waals surface area contributed by atoms with E-state index in [0.29, 0.717) is 19.6 Å². The van der Waals surface area contributed by atoms with Gasteiger partial charge in [0, 0.05) is 35.3 Å². The molecule has 0 saturated carbocycles. The number of aromatic carboxylic acids is 1. The lowest BCUT2D eigenvalue weighted by molar-refractivity contribution is -0.139. The average molecular weight is 526 g/mol. The molecule has 1 N–H and O–H groups in total. The van der Waals surface area contributed by atoms with Gasteiger partial charge in [-0.1, -0.05) is 12.1 Å². The number of ether oxygens (including phenoxy) is 1. The van der Waals surface area contributed by atoms with E-state index in [1.807, 2.05) is 29.5 Å². The standard InChI is InChI=1S/C22H24FIN2O4/c1-14-11-26(15(2)10-25(14)12-16-3-5-17(23)6-4-16)21(27)13-30-20-8-7-18(24)9-19(20)22(28)29/h3-9,14-15H,10-13H2,1-2H3,(H,28,29)/t14-,15+/m1/s1. The van der Waals surface area contributed by atoms with Gasteiger partial charge in [-0.05, 0) is 72.3 Å². The number of carbonyl (C=O) groups excluding carboxylic acids is 1. The number of carboxylic acid groups (broad SMARTS) is 1. The zero-order valence-corrected chi connectivity index (χ0v) is 19.0. The Morgan fingerprint density at radius 3 is 2.50 bits per heavy atom. The molecular weight excluding hydrogens is 502 g/mol. The van der Waals surface area contributed by atoms with Crippen LogP contribution in [0.5, 0.6) is 5.75 Å². The molecule has 6 nitrogen and oxygen atoms in total. The third-order valence-corrected chi connectivity index (χ3v) is 5.93. The van der Waals surface area contributed by atoms with Gasteiger partial charge < -0.3 is 14.7 Å². The van der Waals surface area contributed by atoms with E-state index in [2.05, 4.69) is 11.8 Å². The SMILES string of the molecule is C[C@@H]1CN(C(=O)COc2ccc(I)cc2C(=O)O)[C@@H](C)CN1Cc1ccc(F)cc1. The molecule has 1 aliphatic rings. The fourth-order valence-electron chi connectivity index (χ4n) is 3.61. The maximum absolute atomic E-state index is 13.1. The fraction of sp³-hybridized carbons (Fsp3) is 0.364. The lowest BCUT2D eigenvalue weighted by atomic mass is 10.1. The lowest BCUT2D eigenvalue weighted by Gasteiger charge is -2.44. The molecule has 160 valence electrons. The van der Waals surface area contributed by atoms with Crippen molar-refractivity contribution in [2.24, 2.45) is 0 Å². The Balaban J connectivity index is 1.60. The molecule has 2 aromatic rings. The highest BCUT2D eigenvalue weighted by Gasteiger charge is 2.32. The molecule has 1 saturated heterocycles. The zero-order chi connectivity index (χ0) is 21.8. The molecule has 1 heterocycles. The molecule has 0 radical (unpaired) electrons. The van der Waals surface area contributed by atoms with E-state index in [4.69, 9.17) is 4.74 Å². The van der Waals surface area contributed by atoms with Crippen LogP contribution < -0.4 is 4.74 Å². The second kappa shape index (κ2) is 9.74. The molecule has 0 spiro atoms. The van der Waals surface area contributed by atoms with Gasteiger partial charge in [0.05, 0.1) is 0 Å². The van der Waals surface area contributed by atoms with E-state index in [1.165, 1.54) is 18.2 Å². The molecule has 0 aromatic heterocycles. The Morgan fingerprint density at radius 2 is 1.83 bits per heavy atom. The molecule has 8 heteroatoms. The largest absolute Gasteiger partial charge is 0.483 e. The summed E-state index contributed by atoms with van der Waals surface area (Å²) in [5, 5.41) is 9.34. The van der Waals surface area contributed by atoms with Crippen LogP contribution in [0.3, 0.4) is 0 Å². The minimum absolute atomic E-state index is 0.0200. The predicted molar refractivity (Wildman–Crippen MR) is 119 cm³/mol. The molecule has 2 aromatic carbocycles. The summed E-state index contributed by atoms with van der Waals surface area (Å²) < 4.78 is 19.5. The van der Waals surface area contributed by atoms with Crippen LogP contribution >= 0.6 is 22.6 Å². The summed E-state index contributed by atoms with van der Waals surface area (Å²) in [6, 6.07) is 11.4. The first kappa shape index (κ1) is 22.5. The molecular formula is C22H24FIN2O4. The van der Waals surface area contributed by atoms with Crippen molar-refractivity contribution >= 4 is 34.5 Å². The van der Waals surface area contributed by atoms with Crippen molar-refractivity contribution in [2.45, 2.75) is 32.5 Å². The number of benzene rings is 2. The van der Waals surface area contributed by atoms with Crippen LogP contribution in [-0.4, -0.2) is 58.6 Å². The number of amides is 1. The van der Waals surface area contributed by atoms with Gasteiger partial charge in [-0.15, -0.1) is 0 Å². The monoisotopic (exact) mass is 526 g/mol. The molecule has 0 bridgehead atoms. The average Bonchev–Trinajstić information content (AvgIpc) is 2.70. The second-order valence-corrected chi connectivity index (χ2v) is 8.78. The highest BCUT2D eigenvalue weighted by atomic mass is 127. The van der Waals surface area contributed by atoms with Gasteiger partial charge in [0.1, 0.15) is 17.1 Å². The number of piperazine rings is 1. The number of carbonyl (C=O) groups is 2. The molecule has 1 fully saturated rings. The minimum Gasteiger partial charge on any atom is -0.483 e. The van der Waals surface area contributed by atoms with E-state index in [1.54, 1.807) is 29.2 Å². The molecule has 0 unspecified atom stereocenters. The number of carboxylic acids is 1. The Morgan fingerprint density at radius 1 is 1.13 bits per heavy atom. The van der Waals surface area contributed by atoms with Gasteiger partial charge in [0.2, 0.25) is 0 Å². The highest BCUT2D eigenvalue weighted by molar-refractivity contribution is 14.1. The maximum Gasteiger partial charge on any atom is 0.339 e. The Kier molecular flexibility index (Phi) is 7.30. The first-order valence-electron chi connectivity index (χ1n) is 9.68. The third-order valence-electron chi connectivity index (χ3n) is 5.26. The van der Waals surface area contributed by atoms with Crippen LogP contribution in [0.2, 0.25) is 0 Å². The van der Waals surface area contributed by atoms with E-state index >= 15 is 0 Å². The predicted octanol–water partition coefficient (Wildman–Crippen LogP) is 3.63. The van der Waals surface area contributed by atoms with Crippen molar-refractivity contribution in [3.05, 3.63) is 63.0 Å². The molecule has 0 aliphatic carbocycles. The van der Waals surface area contributed by atoms with E-state index in [9.17, 15) is 19.1 Å². The van der Waals surface area contributed by atoms with Crippen molar-refractivity contribution in [1.82, 2.24) is 9.80 Å². The van der Waals surface area contributed by atoms with Crippen LogP contribution in [0.25, 0.3) is 0 Å². The smallest absolute Gasteiger partial charge is 0.339 e. The lowest BCUT2D eigenvalue weighted by Crippen LogP contribution is -2.58. The van der Waals surface area contributed by atoms with Gasteiger partial charge in [0.15, 0.2) is 6.61 Å². The van der Waals surface area contributed by atoms with E-state index < -0.39 is 5.97 Å².